The lowest BCUT2D eigenvalue weighted by atomic mass is 9.90. The highest BCUT2D eigenvalue weighted by Crippen LogP contribution is 2.36. The number of ether oxygens (including phenoxy) is 2. The molecular formula is C21H25FNO2+. The van der Waals surface area contributed by atoms with Crippen LogP contribution in [0.2, 0.25) is 0 Å². The molecule has 2 aromatic rings. The van der Waals surface area contributed by atoms with E-state index in [0.29, 0.717) is 11.4 Å². The number of para-hydroxylation sites is 1. The number of nitrogens with zero attached hydrogens (tertiary/aromatic N) is 1. The van der Waals surface area contributed by atoms with Crippen LogP contribution < -0.4 is 9.47 Å². The summed E-state index contributed by atoms with van der Waals surface area (Å²) in [6, 6.07) is 11.2. The van der Waals surface area contributed by atoms with Gasteiger partial charge in [0.1, 0.15) is 0 Å². The predicted octanol–water partition coefficient (Wildman–Crippen LogP) is 4.72. The van der Waals surface area contributed by atoms with Gasteiger partial charge in [-0.05, 0) is 37.1 Å². The van der Waals surface area contributed by atoms with E-state index in [1.165, 1.54) is 11.6 Å². The van der Waals surface area contributed by atoms with Crippen molar-refractivity contribution in [2.75, 3.05) is 14.2 Å². The summed E-state index contributed by atoms with van der Waals surface area (Å²) in [4.78, 5) is 0. The van der Waals surface area contributed by atoms with E-state index in [0.717, 1.165) is 36.3 Å². The van der Waals surface area contributed by atoms with Crippen molar-refractivity contribution in [3.05, 3.63) is 53.3 Å². The van der Waals surface area contributed by atoms with Gasteiger partial charge in [0, 0.05) is 24.5 Å². The second-order valence-electron chi connectivity index (χ2n) is 6.44. The number of hydrogen-bond acceptors (Lipinski definition) is 2. The summed E-state index contributed by atoms with van der Waals surface area (Å²) in [6.07, 6.45) is 2.69. The molecule has 3 nitrogen and oxygen atoms in total. The quantitative estimate of drug-likeness (QED) is 0.733. The maximum atomic E-state index is 14.5. The number of benzene rings is 2. The first kappa shape index (κ1) is 17.5. The molecule has 0 saturated carbocycles. The molecule has 132 valence electrons. The smallest absolute Gasteiger partial charge is 0.241 e. The van der Waals surface area contributed by atoms with E-state index >= 15 is 0 Å². The van der Waals surface area contributed by atoms with Gasteiger partial charge in [-0.25, -0.2) is 0 Å². The standard InChI is InChI=1S/C21H25FNO2/c1-5-8-18-16-13-21(25-4)20(24-3)12-15(16)11-14(2)23(18)19-10-7-6-9-17(19)22/h6-7,9-10,12-14H,5,8,11H2,1-4H3/q+1. The van der Waals surface area contributed by atoms with Crippen molar-refractivity contribution in [3.63, 3.8) is 0 Å². The number of fused-ring (bicyclic) bond motifs is 1. The van der Waals surface area contributed by atoms with Gasteiger partial charge in [-0.1, -0.05) is 19.1 Å². The second-order valence-corrected chi connectivity index (χ2v) is 6.44. The molecule has 1 aliphatic rings. The van der Waals surface area contributed by atoms with Crippen molar-refractivity contribution in [1.29, 1.82) is 0 Å². The molecule has 1 atom stereocenters. The van der Waals surface area contributed by atoms with E-state index < -0.39 is 0 Å². The lowest BCUT2D eigenvalue weighted by molar-refractivity contribution is -0.485. The molecular weight excluding hydrogens is 317 g/mol. The maximum absolute atomic E-state index is 14.5. The molecule has 0 aromatic heterocycles. The first-order valence-electron chi connectivity index (χ1n) is 8.75. The third kappa shape index (κ3) is 3.13. The van der Waals surface area contributed by atoms with Crippen LogP contribution in [0, 0.1) is 5.82 Å². The highest BCUT2D eigenvalue weighted by Gasteiger charge is 2.34. The van der Waals surface area contributed by atoms with Gasteiger partial charge < -0.3 is 9.47 Å². The molecule has 0 aliphatic carbocycles. The molecule has 3 rings (SSSR count). The zero-order valence-corrected chi connectivity index (χ0v) is 15.3. The van der Waals surface area contributed by atoms with Crippen LogP contribution in [0.5, 0.6) is 11.5 Å². The average molecular weight is 342 g/mol. The van der Waals surface area contributed by atoms with Crippen molar-refractivity contribution in [3.8, 4) is 11.5 Å². The zero-order valence-electron chi connectivity index (χ0n) is 15.3. The highest BCUT2D eigenvalue weighted by atomic mass is 19.1. The van der Waals surface area contributed by atoms with Gasteiger partial charge in [-0.3, -0.25) is 0 Å². The van der Waals surface area contributed by atoms with Gasteiger partial charge in [-0.15, -0.1) is 0 Å². The summed E-state index contributed by atoms with van der Waals surface area (Å²) < 4.78 is 27.6. The SMILES string of the molecule is CCCC1=[N+](c2ccccc2F)C(C)Cc2cc(OC)c(OC)cc21. The molecule has 4 heteroatoms. The summed E-state index contributed by atoms with van der Waals surface area (Å²) in [6.45, 7) is 4.29. The lowest BCUT2D eigenvalue weighted by Gasteiger charge is -2.24. The van der Waals surface area contributed by atoms with Crippen molar-refractivity contribution in [1.82, 2.24) is 0 Å². The molecule has 0 radical (unpaired) electrons. The van der Waals surface area contributed by atoms with Crippen molar-refractivity contribution in [2.24, 2.45) is 0 Å². The first-order valence-corrected chi connectivity index (χ1v) is 8.75. The Labute approximate surface area is 148 Å². The van der Waals surface area contributed by atoms with E-state index in [4.69, 9.17) is 9.47 Å². The average Bonchev–Trinajstić information content (AvgIpc) is 2.62. The van der Waals surface area contributed by atoms with Gasteiger partial charge in [0.05, 0.1) is 14.2 Å². The number of hydrogen-bond donors (Lipinski definition) is 0. The Morgan fingerprint density at radius 3 is 2.44 bits per heavy atom. The van der Waals surface area contributed by atoms with Gasteiger partial charge in [0.25, 0.3) is 0 Å². The summed E-state index contributed by atoms with van der Waals surface area (Å²) in [5, 5.41) is 0. The molecule has 1 unspecified atom stereocenters. The van der Waals surface area contributed by atoms with Crippen LogP contribution in [0.25, 0.3) is 0 Å². The Kier molecular flexibility index (Phi) is 5.07. The lowest BCUT2D eigenvalue weighted by Crippen LogP contribution is -2.34. The Bertz CT molecular complexity index is 814. The fourth-order valence-corrected chi connectivity index (χ4v) is 3.69. The number of rotatable bonds is 5. The van der Waals surface area contributed by atoms with Crippen LogP contribution in [0.1, 0.15) is 37.8 Å². The molecule has 0 spiro atoms. The normalized spacial score (nSPS) is 16.6. The Hall–Kier alpha value is -2.36. The van der Waals surface area contributed by atoms with Crippen LogP contribution in [0.4, 0.5) is 10.1 Å². The van der Waals surface area contributed by atoms with Crippen molar-refractivity contribution in [2.45, 2.75) is 39.2 Å². The van der Waals surface area contributed by atoms with Crippen LogP contribution >= 0.6 is 0 Å². The second kappa shape index (κ2) is 7.26. The van der Waals surface area contributed by atoms with Crippen molar-refractivity contribution >= 4 is 11.4 Å². The van der Waals surface area contributed by atoms with Crippen LogP contribution in [0.3, 0.4) is 0 Å². The number of halogens is 1. The van der Waals surface area contributed by atoms with Gasteiger partial charge in [0.2, 0.25) is 5.69 Å². The van der Waals surface area contributed by atoms with E-state index in [1.54, 1.807) is 20.3 Å². The molecule has 2 aromatic carbocycles. The van der Waals surface area contributed by atoms with E-state index in [1.807, 2.05) is 18.2 Å². The molecule has 0 fully saturated rings. The minimum atomic E-state index is -0.188. The van der Waals surface area contributed by atoms with E-state index in [2.05, 4.69) is 24.5 Å². The van der Waals surface area contributed by atoms with E-state index in [-0.39, 0.29) is 11.9 Å². The fourth-order valence-electron chi connectivity index (χ4n) is 3.69. The molecule has 1 aliphatic heterocycles. The summed E-state index contributed by atoms with van der Waals surface area (Å²) in [5.74, 6) is 1.26. The topological polar surface area (TPSA) is 21.5 Å². The molecule has 0 amide bonds. The molecule has 1 heterocycles. The number of methoxy groups -OCH3 is 2. The minimum Gasteiger partial charge on any atom is -0.493 e. The first-order chi connectivity index (χ1) is 12.1. The molecule has 0 N–H and O–H groups in total. The Balaban J connectivity index is 2.27. The van der Waals surface area contributed by atoms with Crippen molar-refractivity contribution < 1.29 is 18.4 Å². The minimum absolute atomic E-state index is 0.170. The zero-order chi connectivity index (χ0) is 18.0. The van der Waals surface area contributed by atoms with Crippen LogP contribution in [0.15, 0.2) is 36.4 Å². The predicted molar refractivity (Wildman–Crippen MR) is 98.0 cm³/mol. The summed E-state index contributed by atoms with van der Waals surface area (Å²) in [5.41, 5.74) is 4.13. The van der Waals surface area contributed by atoms with E-state index in [9.17, 15) is 4.39 Å². The van der Waals surface area contributed by atoms with Crippen LogP contribution in [-0.4, -0.2) is 30.5 Å². The van der Waals surface area contributed by atoms with Gasteiger partial charge in [0.15, 0.2) is 29.1 Å². The fraction of sp³-hybridized carbons (Fsp3) is 0.381. The third-order valence-corrected chi connectivity index (χ3v) is 4.77. The monoisotopic (exact) mass is 342 g/mol. The van der Waals surface area contributed by atoms with Crippen LogP contribution in [-0.2, 0) is 6.42 Å². The summed E-state index contributed by atoms with van der Waals surface area (Å²) >= 11 is 0. The Morgan fingerprint density at radius 1 is 1.12 bits per heavy atom. The molecule has 0 bridgehead atoms. The molecule has 25 heavy (non-hydrogen) atoms. The largest absolute Gasteiger partial charge is 0.493 e. The molecule has 0 saturated heterocycles. The van der Waals surface area contributed by atoms with Gasteiger partial charge in [-0.2, -0.15) is 8.97 Å². The summed E-state index contributed by atoms with van der Waals surface area (Å²) in [7, 11) is 3.29. The Morgan fingerprint density at radius 2 is 1.80 bits per heavy atom. The third-order valence-electron chi connectivity index (χ3n) is 4.77. The maximum Gasteiger partial charge on any atom is 0.241 e. The highest BCUT2D eigenvalue weighted by molar-refractivity contribution is 6.00. The van der Waals surface area contributed by atoms with Gasteiger partial charge >= 0.3 is 0 Å².